The molecule has 2 fully saturated rings. The predicted octanol–water partition coefficient (Wildman–Crippen LogP) is 3.51. The normalized spacial score (nSPS) is 32.2. The molecular weight excluding hydrogens is 294 g/mol. The Kier molecular flexibility index (Phi) is 4.01. The van der Waals surface area contributed by atoms with Gasteiger partial charge in [-0.25, -0.2) is 0 Å². The van der Waals surface area contributed by atoms with E-state index in [0.717, 1.165) is 17.0 Å². The van der Waals surface area contributed by atoms with E-state index in [1.54, 1.807) is 11.3 Å². The first-order chi connectivity index (χ1) is 10.9. The van der Waals surface area contributed by atoms with Crippen LogP contribution >= 0.6 is 11.3 Å². The van der Waals surface area contributed by atoms with Crippen LogP contribution in [0.5, 0.6) is 0 Å². The molecule has 4 rings (SSSR count). The third-order valence-electron chi connectivity index (χ3n) is 4.56. The summed E-state index contributed by atoms with van der Waals surface area (Å²) in [6.45, 7) is 1.73. The molecule has 1 aromatic carbocycles. The van der Waals surface area contributed by atoms with Crippen molar-refractivity contribution in [1.82, 2.24) is 5.32 Å². The number of hydrogen-bond acceptors (Lipinski definition) is 4. The van der Waals surface area contributed by atoms with E-state index in [1.165, 1.54) is 19.3 Å². The summed E-state index contributed by atoms with van der Waals surface area (Å²) in [5.41, 5.74) is 1.08. The smallest absolute Gasteiger partial charge is 0.232 e. The fourth-order valence-electron chi connectivity index (χ4n) is 3.42. The average molecular weight is 315 g/mol. The van der Waals surface area contributed by atoms with E-state index in [0.29, 0.717) is 12.6 Å². The summed E-state index contributed by atoms with van der Waals surface area (Å²) in [7, 11) is 0. The van der Waals surface area contributed by atoms with Gasteiger partial charge in [0.25, 0.3) is 0 Å². The second-order valence-electron chi connectivity index (χ2n) is 5.98. The van der Waals surface area contributed by atoms with E-state index in [4.69, 9.17) is 9.47 Å². The Morgan fingerprint density at radius 2 is 2.00 bits per heavy atom. The molecule has 0 spiro atoms. The van der Waals surface area contributed by atoms with Gasteiger partial charge in [0.1, 0.15) is 6.10 Å². The van der Waals surface area contributed by atoms with Crippen molar-refractivity contribution in [2.24, 2.45) is 0 Å². The highest BCUT2D eigenvalue weighted by Gasteiger charge is 2.47. The van der Waals surface area contributed by atoms with Gasteiger partial charge in [-0.15, -0.1) is 11.3 Å². The Morgan fingerprint density at radius 1 is 1.09 bits per heavy atom. The molecule has 2 aliphatic heterocycles. The standard InChI is InChI=1S/C18H21NO2S/c1-2-7-14(8-3-1)18(17-10-6-12-22-17)20-13-16(21-18)15-9-4-5-11-19-15/h1-3,6-8,10,12,15-16,19H,4-5,9,11,13H2/t15?,16-,18?/m0/s1. The molecule has 4 heteroatoms. The molecule has 1 aromatic heterocycles. The van der Waals surface area contributed by atoms with Crippen LogP contribution in [0.25, 0.3) is 0 Å². The van der Waals surface area contributed by atoms with Crippen molar-refractivity contribution < 1.29 is 9.47 Å². The summed E-state index contributed by atoms with van der Waals surface area (Å²) in [5, 5.41) is 5.68. The molecule has 2 unspecified atom stereocenters. The lowest BCUT2D eigenvalue weighted by molar-refractivity contribution is -0.144. The topological polar surface area (TPSA) is 30.5 Å². The fourth-order valence-corrected chi connectivity index (χ4v) is 4.26. The zero-order valence-electron chi connectivity index (χ0n) is 12.5. The summed E-state index contributed by atoms with van der Waals surface area (Å²) in [6.07, 6.45) is 3.82. The molecule has 22 heavy (non-hydrogen) atoms. The van der Waals surface area contributed by atoms with Crippen molar-refractivity contribution in [3.63, 3.8) is 0 Å². The number of nitrogens with one attached hydrogen (secondary N) is 1. The van der Waals surface area contributed by atoms with Crippen molar-refractivity contribution in [1.29, 1.82) is 0 Å². The summed E-state index contributed by atoms with van der Waals surface area (Å²) in [4.78, 5) is 1.12. The lowest BCUT2D eigenvalue weighted by Gasteiger charge is -2.31. The highest BCUT2D eigenvalue weighted by atomic mass is 32.1. The van der Waals surface area contributed by atoms with Crippen molar-refractivity contribution >= 4 is 11.3 Å². The third kappa shape index (κ3) is 2.50. The van der Waals surface area contributed by atoms with Gasteiger partial charge in [-0.1, -0.05) is 42.8 Å². The SMILES string of the molecule is c1ccc(C2(c3cccs3)OC[C@@H](C3CCCCN3)O2)cc1. The molecule has 2 saturated heterocycles. The molecule has 0 saturated carbocycles. The molecule has 0 bridgehead atoms. The summed E-state index contributed by atoms with van der Waals surface area (Å²) in [5.74, 6) is -0.737. The molecular formula is C18H21NO2S. The van der Waals surface area contributed by atoms with Crippen LogP contribution in [0, 0.1) is 0 Å². The largest absolute Gasteiger partial charge is 0.339 e. The minimum Gasteiger partial charge on any atom is -0.339 e. The Morgan fingerprint density at radius 3 is 2.73 bits per heavy atom. The van der Waals surface area contributed by atoms with Crippen molar-refractivity contribution in [2.45, 2.75) is 37.2 Å². The Hall–Kier alpha value is -1.20. The number of hydrogen-bond donors (Lipinski definition) is 1. The lowest BCUT2D eigenvalue weighted by atomic mass is 10.00. The molecule has 3 atom stereocenters. The van der Waals surface area contributed by atoms with Gasteiger partial charge in [0.2, 0.25) is 5.79 Å². The van der Waals surface area contributed by atoms with Crippen LogP contribution < -0.4 is 5.32 Å². The average Bonchev–Trinajstić information content (AvgIpc) is 3.27. The minimum absolute atomic E-state index is 0.114. The lowest BCUT2D eigenvalue weighted by Crippen LogP contribution is -2.45. The van der Waals surface area contributed by atoms with E-state index in [2.05, 4.69) is 35.0 Å². The summed E-state index contributed by atoms with van der Waals surface area (Å²) >= 11 is 1.69. The van der Waals surface area contributed by atoms with E-state index in [9.17, 15) is 0 Å². The maximum atomic E-state index is 6.54. The number of ether oxygens (including phenoxy) is 2. The highest BCUT2D eigenvalue weighted by Crippen LogP contribution is 2.43. The van der Waals surface area contributed by atoms with Crippen LogP contribution in [0.3, 0.4) is 0 Å². The molecule has 116 valence electrons. The molecule has 3 heterocycles. The van der Waals surface area contributed by atoms with E-state index in [1.807, 2.05) is 18.2 Å². The Bertz CT molecular complexity index is 595. The molecule has 2 aliphatic rings. The Labute approximate surface area is 135 Å². The van der Waals surface area contributed by atoms with Gasteiger partial charge >= 0.3 is 0 Å². The van der Waals surface area contributed by atoms with Gasteiger partial charge in [0.15, 0.2) is 0 Å². The van der Waals surface area contributed by atoms with Gasteiger partial charge < -0.3 is 14.8 Å². The molecule has 1 N–H and O–H groups in total. The molecule has 0 radical (unpaired) electrons. The highest BCUT2D eigenvalue weighted by molar-refractivity contribution is 7.10. The number of thiophene rings is 1. The van der Waals surface area contributed by atoms with Crippen molar-refractivity contribution in [2.75, 3.05) is 13.2 Å². The molecule has 2 aromatic rings. The fraction of sp³-hybridized carbons (Fsp3) is 0.444. The van der Waals surface area contributed by atoms with Crippen LogP contribution in [0.1, 0.15) is 29.7 Å². The third-order valence-corrected chi connectivity index (χ3v) is 5.52. The quantitative estimate of drug-likeness (QED) is 0.940. The van der Waals surface area contributed by atoms with E-state index < -0.39 is 5.79 Å². The number of benzene rings is 1. The van der Waals surface area contributed by atoms with Gasteiger partial charge in [0, 0.05) is 11.6 Å². The zero-order valence-corrected chi connectivity index (χ0v) is 13.4. The number of piperidine rings is 1. The van der Waals surface area contributed by atoms with Crippen LogP contribution in [0.2, 0.25) is 0 Å². The van der Waals surface area contributed by atoms with Gasteiger partial charge in [-0.2, -0.15) is 0 Å². The summed E-state index contributed by atoms with van der Waals surface area (Å²) in [6, 6.07) is 14.9. The second kappa shape index (κ2) is 6.13. The van der Waals surface area contributed by atoms with E-state index in [-0.39, 0.29) is 6.10 Å². The van der Waals surface area contributed by atoms with Crippen molar-refractivity contribution in [3.8, 4) is 0 Å². The van der Waals surface area contributed by atoms with Gasteiger partial charge in [-0.3, -0.25) is 0 Å². The predicted molar refractivity (Wildman–Crippen MR) is 88.0 cm³/mol. The second-order valence-corrected chi connectivity index (χ2v) is 6.93. The maximum absolute atomic E-state index is 6.54. The number of rotatable bonds is 3. The zero-order chi connectivity index (χ0) is 14.8. The first-order valence-corrected chi connectivity index (χ1v) is 8.91. The van der Waals surface area contributed by atoms with Crippen LogP contribution in [0.4, 0.5) is 0 Å². The minimum atomic E-state index is -0.737. The molecule has 0 amide bonds. The first kappa shape index (κ1) is 14.4. The van der Waals surface area contributed by atoms with Crippen LogP contribution in [0.15, 0.2) is 47.8 Å². The monoisotopic (exact) mass is 315 g/mol. The molecule has 0 aliphatic carbocycles. The molecule has 3 nitrogen and oxygen atoms in total. The maximum Gasteiger partial charge on any atom is 0.232 e. The summed E-state index contributed by atoms with van der Waals surface area (Å²) < 4.78 is 12.8. The van der Waals surface area contributed by atoms with Crippen LogP contribution in [-0.4, -0.2) is 25.3 Å². The first-order valence-electron chi connectivity index (χ1n) is 8.03. The Balaban J connectivity index is 1.66. The van der Waals surface area contributed by atoms with Gasteiger partial charge in [-0.05, 0) is 30.8 Å². The van der Waals surface area contributed by atoms with E-state index >= 15 is 0 Å². The van der Waals surface area contributed by atoms with Crippen molar-refractivity contribution in [3.05, 3.63) is 58.3 Å². The van der Waals surface area contributed by atoms with Crippen LogP contribution in [-0.2, 0) is 15.3 Å². The van der Waals surface area contributed by atoms with Gasteiger partial charge in [0.05, 0.1) is 11.5 Å².